The van der Waals surface area contributed by atoms with Gasteiger partial charge in [-0.15, -0.1) is 11.3 Å². The average Bonchev–Trinajstić information content (AvgIpc) is 3.49. The van der Waals surface area contributed by atoms with Gasteiger partial charge in [0.1, 0.15) is 0 Å². The maximum atomic E-state index is 13.0. The second-order valence-corrected chi connectivity index (χ2v) is 10.4. The fourth-order valence-electron chi connectivity index (χ4n) is 4.83. The van der Waals surface area contributed by atoms with Gasteiger partial charge in [0.15, 0.2) is 4.34 Å². The number of benzene rings is 1. The summed E-state index contributed by atoms with van der Waals surface area (Å²) in [4.78, 5) is 43.9. The molecular formula is C22H23N3O3S2. The summed E-state index contributed by atoms with van der Waals surface area (Å²) in [6.45, 7) is 2.79. The van der Waals surface area contributed by atoms with Crippen LogP contribution in [0.3, 0.4) is 0 Å². The zero-order valence-electron chi connectivity index (χ0n) is 16.7. The number of amides is 3. The highest BCUT2D eigenvalue weighted by molar-refractivity contribution is 8.01. The summed E-state index contributed by atoms with van der Waals surface area (Å²) < 4.78 is 1.73. The molecule has 1 N–H and O–H groups in total. The van der Waals surface area contributed by atoms with Gasteiger partial charge in [-0.05, 0) is 42.9 Å². The van der Waals surface area contributed by atoms with Gasteiger partial charge in [-0.1, -0.05) is 37.3 Å². The lowest BCUT2D eigenvalue weighted by molar-refractivity contribution is -0.123. The van der Waals surface area contributed by atoms with Gasteiger partial charge in [0, 0.05) is 6.54 Å². The number of unbranched alkanes of at least 4 members (excludes halogenated alkanes) is 1. The quantitative estimate of drug-likeness (QED) is 0.307. The lowest BCUT2D eigenvalue weighted by Gasteiger charge is -2.17. The Morgan fingerprint density at radius 3 is 2.67 bits per heavy atom. The first-order chi connectivity index (χ1) is 14.6. The predicted octanol–water partition coefficient (Wildman–Crippen LogP) is 3.62. The number of hydrogen-bond acceptors (Lipinski definition) is 6. The summed E-state index contributed by atoms with van der Waals surface area (Å²) in [6.07, 6.45) is 7.17. The molecule has 1 saturated heterocycles. The first kappa shape index (κ1) is 19.8. The third kappa shape index (κ3) is 3.26. The van der Waals surface area contributed by atoms with E-state index in [0.29, 0.717) is 18.0 Å². The van der Waals surface area contributed by atoms with Gasteiger partial charge in [0.2, 0.25) is 17.7 Å². The van der Waals surface area contributed by atoms with Crippen molar-refractivity contribution < 1.29 is 14.4 Å². The third-order valence-corrected chi connectivity index (χ3v) is 8.42. The number of aromatic nitrogens is 1. The Morgan fingerprint density at radius 2 is 1.97 bits per heavy atom. The van der Waals surface area contributed by atoms with E-state index in [0.717, 1.165) is 33.8 Å². The number of anilines is 1. The molecule has 3 aliphatic rings. The number of imide groups is 1. The first-order valence-corrected chi connectivity index (χ1v) is 12.2. The van der Waals surface area contributed by atoms with Gasteiger partial charge >= 0.3 is 0 Å². The van der Waals surface area contributed by atoms with E-state index in [1.54, 1.807) is 6.07 Å². The molecule has 2 heterocycles. The van der Waals surface area contributed by atoms with E-state index in [1.165, 1.54) is 28.0 Å². The molecule has 1 aromatic carbocycles. The van der Waals surface area contributed by atoms with Crippen molar-refractivity contribution in [2.75, 3.05) is 17.2 Å². The maximum absolute atomic E-state index is 13.0. The normalized spacial score (nSPS) is 26.8. The highest BCUT2D eigenvalue weighted by Crippen LogP contribution is 2.53. The van der Waals surface area contributed by atoms with Crippen LogP contribution in [0.4, 0.5) is 5.69 Å². The van der Waals surface area contributed by atoms with Gasteiger partial charge < -0.3 is 5.32 Å². The van der Waals surface area contributed by atoms with Crippen molar-refractivity contribution in [1.29, 1.82) is 0 Å². The molecule has 1 saturated carbocycles. The Labute approximate surface area is 183 Å². The van der Waals surface area contributed by atoms with E-state index in [2.05, 4.69) is 29.4 Å². The van der Waals surface area contributed by atoms with Crippen LogP contribution in [0.25, 0.3) is 10.2 Å². The number of nitrogens with zero attached hydrogens (tertiary/aromatic N) is 2. The van der Waals surface area contributed by atoms with Crippen LogP contribution in [0.15, 0.2) is 34.7 Å². The van der Waals surface area contributed by atoms with Crippen molar-refractivity contribution in [3.63, 3.8) is 0 Å². The lowest BCUT2D eigenvalue weighted by Crippen LogP contribution is -2.32. The smallest absolute Gasteiger partial charge is 0.238 e. The fourth-order valence-corrected chi connectivity index (χ4v) is 6.76. The monoisotopic (exact) mass is 441 g/mol. The van der Waals surface area contributed by atoms with Crippen LogP contribution in [0.5, 0.6) is 0 Å². The van der Waals surface area contributed by atoms with Crippen LogP contribution in [-0.2, 0) is 14.4 Å². The molecule has 156 valence electrons. The van der Waals surface area contributed by atoms with Crippen LogP contribution in [0.1, 0.15) is 26.2 Å². The highest BCUT2D eigenvalue weighted by atomic mass is 32.2. The van der Waals surface area contributed by atoms with Crippen LogP contribution in [0, 0.1) is 23.7 Å². The van der Waals surface area contributed by atoms with Crippen molar-refractivity contribution >= 4 is 56.7 Å². The number of fused-ring (bicyclic) bond motifs is 6. The molecule has 30 heavy (non-hydrogen) atoms. The summed E-state index contributed by atoms with van der Waals surface area (Å²) in [5.74, 6) is 0.243. The maximum Gasteiger partial charge on any atom is 0.238 e. The summed E-state index contributed by atoms with van der Waals surface area (Å²) >= 11 is 2.90. The molecule has 2 fully saturated rings. The minimum Gasteiger partial charge on any atom is -0.355 e. The van der Waals surface area contributed by atoms with Crippen molar-refractivity contribution in [3.8, 4) is 0 Å². The summed E-state index contributed by atoms with van der Waals surface area (Å²) in [6, 6.07) is 5.54. The summed E-state index contributed by atoms with van der Waals surface area (Å²) in [5, 5.41) is 2.91. The van der Waals surface area contributed by atoms with Gasteiger partial charge in [-0.2, -0.15) is 0 Å². The number of hydrogen-bond donors (Lipinski definition) is 1. The molecule has 2 aliphatic carbocycles. The molecule has 0 spiro atoms. The molecule has 1 aliphatic heterocycles. The van der Waals surface area contributed by atoms with Crippen LogP contribution in [0.2, 0.25) is 0 Å². The van der Waals surface area contributed by atoms with Gasteiger partial charge in [-0.3, -0.25) is 14.4 Å². The molecule has 0 unspecified atom stereocenters. The van der Waals surface area contributed by atoms with E-state index in [-0.39, 0.29) is 41.4 Å². The lowest BCUT2D eigenvalue weighted by atomic mass is 9.85. The molecule has 6 nitrogen and oxygen atoms in total. The zero-order valence-corrected chi connectivity index (χ0v) is 18.3. The number of rotatable bonds is 7. The number of thiazole rings is 1. The van der Waals surface area contributed by atoms with E-state index in [4.69, 9.17) is 0 Å². The molecule has 3 amide bonds. The topological polar surface area (TPSA) is 79.4 Å². The third-order valence-electron chi connectivity index (χ3n) is 6.26. The zero-order chi connectivity index (χ0) is 20.8. The first-order valence-electron chi connectivity index (χ1n) is 10.4. The minimum absolute atomic E-state index is 0.0106. The van der Waals surface area contributed by atoms with Gasteiger partial charge in [0.05, 0.1) is 33.5 Å². The van der Waals surface area contributed by atoms with E-state index in [9.17, 15) is 14.4 Å². The summed E-state index contributed by atoms with van der Waals surface area (Å²) in [5.41, 5.74) is 1.45. The largest absolute Gasteiger partial charge is 0.355 e. The fraction of sp³-hybridized carbons (Fsp3) is 0.455. The second-order valence-electron chi connectivity index (χ2n) is 8.14. The Morgan fingerprint density at radius 1 is 1.23 bits per heavy atom. The van der Waals surface area contributed by atoms with Crippen LogP contribution < -0.4 is 10.2 Å². The molecule has 1 aromatic heterocycles. The Balaban J connectivity index is 1.31. The Hall–Kier alpha value is -2.19. The number of carbonyl (C=O) groups excluding carboxylic acids is 3. The van der Waals surface area contributed by atoms with Crippen molar-refractivity contribution in [2.45, 2.75) is 30.5 Å². The minimum atomic E-state index is -0.193. The summed E-state index contributed by atoms with van der Waals surface area (Å²) in [7, 11) is 0. The number of nitrogens with one attached hydrogen (secondary N) is 1. The average molecular weight is 442 g/mol. The van der Waals surface area contributed by atoms with Gasteiger partial charge in [-0.25, -0.2) is 9.88 Å². The number of allylic oxidation sites excluding steroid dienone is 2. The Bertz CT molecular complexity index is 1030. The van der Waals surface area contributed by atoms with Crippen LogP contribution in [-0.4, -0.2) is 35.0 Å². The van der Waals surface area contributed by atoms with Crippen molar-refractivity contribution in [2.24, 2.45) is 23.7 Å². The van der Waals surface area contributed by atoms with E-state index >= 15 is 0 Å². The molecule has 4 atom stereocenters. The van der Waals surface area contributed by atoms with Crippen molar-refractivity contribution in [3.05, 3.63) is 30.4 Å². The second kappa shape index (κ2) is 7.81. The molecule has 8 heteroatoms. The van der Waals surface area contributed by atoms with Crippen LogP contribution >= 0.6 is 23.1 Å². The van der Waals surface area contributed by atoms with E-state index in [1.807, 2.05) is 12.1 Å². The molecule has 2 aromatic rings. The van der Waals surface area contributed by atoms with E-state index < -0.39 is 0 Å². The molecule has 5 rings (SSSR count). The standard InChI is InChI=1S/C22H23N3O3S2/c1-2-3-8-23-17(26)11-29-22-24-15-7-6-14(10-16(15)30-22)25-20(27)18-12-4-5-13(9-12)19(18)21(25)28/h4-7,10,12-13,18-19H,2-3,8-9,11H2,1H3,(H,23,26)/t12-,13-,18-,19+/m0/s1. The highest BCUT2D eigenvalue weighted by Gasteiger charge is 2.59. The molecular weight excluding hydrogens is 418 g/mol. The van der Waals surface area contributed by atoms with Crippen molar-refractivity contribution in [1.82, 2.24) is 10.3 Å². The predicted molar refractivity (Wildman–Crippen MR) is 118 cm³/mol. The number of thioether (sulfide) groups is 1. The number of carbonyl (C=O) groups is 3. The molecule has 0 radical (unpaired) electrons. The Kier molecular flexibility index (Phi) is 5.14. The van der Waals surface area contributed by atoms with Gasteiger partial charge in [0.25, 0.3) is 0 Å². The SMILES string of the molecule is CCCCNC(=O)CSc1nc2ccc(N3C(=O)[C@@H]4[C@H](C3=O)[C@H]3C=C[C@H]4C3)cc2s1. The molecule has 2 bridgehead atoms.